The number of carbonyl (C=O) groups excluding carboxylic acids is 1. The zero-order valence-electron chi connectivity index (χ0n) is 17.4. The molecule has 1 amide bonds. The van der Waals surface area contributed by atoms with Crippen molar-refractivity contribution in [2.75, 3.05) is 31.1 Å². The lowest BCUT2D eigenvalue weighted by molar-refractivity contribution is -0.122. The molecule has 0 fully saturated rings. The average molecular weight is 423 g/mol. The first-order valence-corrected chi connectivity index (χ1v) is 10.6. The third-order valence-electron chi connectivity index (χ3n) is 5.70. The van der Waals surface area contributed by atoms with Crippen molar-refractivity contribution in [1.82, 2.24) is 5.32 Å². The molecule has 8 nitrogen and oxygen atoms in total. The molecule has 0 bridgehead atoms. The van der Waals surface area contributed by atoms with Crippen LogP contribution >= 0.6 is 0 Å². The highest BCUT2D eigenvalue weighted by Crippen LogP contribution is 2.39. The molecule has 162 valence electrons. The number of aryl methyl sites for hydroxylation is 2. The fraction of sp³-hybridized carbons (Fsp3) is 0.435. The molecule has 2 N–H and O–H groups in total. The Morgan fingerprint density at radius 2 is 2.16 bits per heavy atom. The molecule has 2 aliphatic rings. The van der Waals surface area contributed by atoms with Crippen LogP contribution in [-0.4, -0.2) is 43.5 Å². The maximum Gasteiger partial charge on any atom is 0.343 e. The molecule has 0 saturated carbocycles. The molecule has 2 aliphatic heterocycles. The smallest absolute Gasteiger partial charge is 0.343 e. The van der Waals surface area contributed by atoms with Crippen molar-refractivity contribution >= 4 is 28.6 Å². The molecule has 0 aliphatic carbocycles. The summed E-state index contributed by atoms with van der Waals surface area (Å²) < 4.78 is 10.6. The van der Waals surface area contributed by atoms with E-state index in [4.69, 9.17) is 9.15 Å². The second-order valence-corrected chi connectivity index (χ2v) is 7.75. The molecule has 8 heteroatoms. The van der Waals surface area contributed by atoms with E-state index in [2.05, 4.69) is 16.3 Å². The lowest BCUT2D eigenvalue weighted by atomic mass is 9.90. The van der Waals surface area contributed by atoms with Gasteiger partial charge >= 0.3 is 5.63 Å². The summed E-state index contributed by atoms with van der Waals surface area (Å²) in [6.45, 7) is 3.89. The Balaban J connectivity index is 1.69. The van der Waals surface area contributed by atoms with Crippen molar-refractivity contribution in [2.45, 2.75) is 38.9 Å². The Bertz CT molecular complexity index is 1140. The number of fused-ring (bicyclic) bond motifs is 2. The number of aliphatic hydroxyl groups is 1. The third-order valence-corrected chi connectivity index (χ3v) is 5.70. The van der Waals surface area contributed by atoms with Crippen LogP contribution < -0.4 is 15.8 Å². The molecular formula is C23H25N3O5. The maximum atomic E-state index is 12.7. The van der Waals surface area contributed by atoms with Gasteiger partial charge in [0.2, 0.25) is 0 Å². The van der Waals surface area contributed by atoms with Crippen molar-refractivity contribution in [3.8, 4) is 6.07 Å². The van der Waals surface area contributed by atoms with E-state index in [1.807, 2.05) is 6.07 Å². The van der Waals surface area contributed by atoms with Crippen LogP contribution in [0.4, 0.5) is 5.69 Å². The SMILES string of the molecule is CCOC(O)CNC(=O)/C(C#N)=C/c1cc2cc3c4c(c2oc1=O)CCCN4CCC3. The number of anilines is 1. The number of aliphatic hydroxyl groups excluding tert-OH is 1. The Labute approximate surface area is 179 Å². The van der Waals surface area contributed by atoms with Gasteiger partial charge in [0.05, 0.1) is 12.1 Å². The quantitative estimate of drug-likeness (QED) is 0.315. The van der Waals surface area contributed by atoms with E-state index in [0.717, 1.165) is 49.7 Å². The van der Waals surface area contributed by atoms with Crippen LogP contribution in [0.25, 0.3) is 17.0 Å². The predicted octanol–water partition coefficient (Wildman–Crippen LogP) is 1.87. The first-order valence-electron chi connectivity index (χ1n) is 10.6. The van der Waals surface area contributed by atoms with Gasteiger partial charge in [-0.1, -0.05) is 0 Å². The van der Waals surface area contributed by atoms with Crippen molar-refractivity contribution < 1.29 is 19.1 Å². The van der Waals surface area contributed by atoms with E-state index in [0.29, 0.717) is 12.2 Å². The van der Waals surface area contributed by atoms with Gasteiger partial charge in [-0.3, -0.25) is 4.79 Å². The van der Waals surface area contributed by atoms with E-state index in [-0.39, 0.29) is 17.7 Å². The average Bonchev–Trinajstić information content (AvgIpc) is 2.77. The molecule has 31 heavy (non-hydrogen) atoms. The Hall–Kier alpha value is -3.15. The highest BCUT2D eigenvalue weighted by molar-refractivity contribution is 6.02. The summed E-state index contributed by atoms with van der Waals surface area (Å²) in [5, 5.41) is 22.2. The third kappa shape index (κ3) is 4.20. The lowest BCUT2D eigenvalue weighted by Gasteiger charge is -2.37. The van der Waals surface area contributed by atoms with Gasteiger partial charge in [0.25, 0.3) is 5.91 Å². The number of hydrogen-bond acceptors (Lipinski definition) is 7. The molecular weight excluding hydrogens is 398 g/mol. The van der Waals surface area contributed by atoms with Gasteiger partial charge in [-0.15, -0.1) is 0 Å². The van der Waals surface area contributed by atoms with Gasteiger partial charge in [-0.2, -0.15) is 5.26 Å². The summed E-state index contributed by atoms with van der Waals surface area (Å²) >= 11 is 0. The topological polar surface area (TPSA) is 116 Å². The van der Waals surface area contributed by atoms with Crippen LogP contribution in [0.1, 0.15) is 36.5 Å². The van der Waals surface area contributed by atoms with E-state index in [1.165, 1.54) is 17.3 Å². The molecule has 1 unspecified atom stereocenters. The van der Waals surface area contributed by atoms with Crippen LogP contribution in [0, 0.1) is 11.3 Å². The molecule has 3 heterocycles. The second-order valence-electron chi connectivity index (χ2n) is 7.75. The number of nitrogens with zero attached hydrogens (tertiary/aromatic N) is 2. The minimum Gasteiger partial charge on any atom is -0.422 e. The van der Waals surface area contributed by atoms with Gasteiger partial charge in [0, 0.05) is 36.3 Å². The zero-order chi connectivity index (χ0) is 22.0. The van der Waals surface area contributed by atoms with Crippen LogP contribution in [0.5, 0.6) is 0 Å². The summed E-state index contributed by atoms with van der Waals surface area (Å²) in [7, 11) is 0. The highest BCUT2D eigenvalue weighted by atomic mass is 16.6. The minimum absolute atomic E-state index is 0.139. The number of amides is 1. The number of nitriles is 1. The summed E-state index contributed by atoms with van der Waals surface area (Å²) in [5.74, 6) is -0.697. The standard InChI is InChI=1S/C23H25N3O5/c1-2-30-19(27)13-25-22(28)17(12-24)11-16-10-15-9-14-5-3-7-26-8-4-6-18(20(14)26)21(15)31-23(16)29/h9-11,19,27H,2-8,13H2,1H3,(H,25,28)/b17-11+. The van der Waals surface area contributed by atoms with E-state index >= 15 is 0 Å². The second kappa shape index (κ2) is 8.92. The van der Waals surface area contributed by atoms with Gasteiger partial charge in [0.15, 0.2) is 6.29 Å². The molecule has 0 radical (unpaired) electrons. The number of carbonyl (C=O) groups is 1. The zero-order valence-corrected chi connectivity index (χ0v) is 17.4. The molecule has 1 aromatic carbocycles. The number of rotatable bonds is 6. The van der Waals surface area contributed by atoms with Gasteiger partial charge < -0.3 is 24.5 Å². The van der Waals surface area contributed by atoms with Crippen molar-refractivity contribution in [3.05, 3.63) is 44.8 Å². The van der Waals surface area contributed by atoms with Crippen LogP contribution in [-0.2, 0) is 22.4 Å². The fourth-order valence-corrected chi connectivity index (χ4v) is 4.39. The predicted molar refractivity (Wildman–Crippen MR) is 116 cm³/mol. The van der Waals surface area contributed by atoms with Crippen LogP contribution in [0.15, 0.2) is 26.9 Å². The first-order chi connectivity index (χ1) is 15.0. The maximum absolute atomic E-state index is 12.7. The first kappa shape index (κ1) is 21.1. The van der Waals surface area contributed by atoms with Crippen molar-refractivity contribution in [3.63, 3.8) is 0 Å². The highest BCUT2D eigenvalue weighted by Gasteiger charge is 2.27. The monoisotopic (exact) mass is 423 g/mol. The molecule has 2 aromatic rings. The van der Waals surface area contributed by atoms with Gasteiger partial charge in [-0.05, 0) is 56.4 Å². The van der Waals surface area contributed by atoms with E-state index < -0.39 is 17.8 Å². The van der Waals surface area contributed by atoms with Crippen molar-refractivity contribution in [2.24, 2.45) is 0 Å². The molecule has 0 spiro atoms. The summed E-state index contributed by atoms with van der Waals surface area (Å²) in [6.07, 6.45) is 4.01. The Kier molecular flexibility index (Phi) is 6.07. The fourth-order valence-electron chi connectivity index (χ4n) is 4.39. The molecule has 0 saturated heterocycles. The van der Waals surface area contributed by atoms with Gasteiger partial charge in [-0.25, -0.2) is 4.79 Å². The lowest BCUT2D eigenvalue weighted by Crippen LogP contribution is -2.34. The Morgan fingerprint density at radius 3 is 2.90 bits per heavy atom. The van der Waals surface area contributed by atoms with E-state index in [1.54, 1.807) is 13.0 Å². The van der Waals surface area contributed by atoms with Gasteiger partial charge in [0.1, 0.15) is 17.2 Å². The van der Waals surface area contributed by atoms with Crippen LogP contribution in [0.3, 0.4) is 0 Å². The summed E-state index contributed by atoms with van der Waals surface area (Å²) in [6, 6.07) is 5.55. The van der Waals surface area contributed by atoms with Crippen LogP contribution in [0.2, 0.25) is 0 Å². The number of hydrogen-bond donors (Lipinski definition) is 2. The Morgan fingerprint density at radius 1 is 1.39 bits per heavy atom. The van der Waals surface area contributed by atoms with Crippen molar-refractivity contribution in [1.29, 1.82) is 5.26 Å². The normalized spacial score (nSPS) is 16.5. The number of ether oxygens (including phenoxy) is 1. The summed E-state index contributed by atoms with van der Waals surface area (Å²) in [4.78, 5) is 27.3. The summed E-state index contributed by atoms with van der Waals surface area (Å²) in [5.41, 5.74) is 3.43. The number of nitrogens with one attached hydrogen (secondary N) is 1. The molecule has 4 rings (SSSR count). The molecule has 1 atom stereocenters. The molecule has 1 aromatic heterocycles. The largest absolute Gasteiger partial charge is 0.422 e. The number of benzene rings is 1. The minimum atomic E-state index is -1.16. The van der Waals surface area contributed by atoms with E-state index in [9.17, 15) is 20.0 Å².